The van der Waals surface area contributed by atoms with Crippen molar-refractivity contribution in [3.05, 3.63) is 46.2 Å². The summed E-state index contributed by atoms with van der Waals surface area (Å²) >= 11 is 2.09. The van der Waals surface area contributed by atoms with E-state index in [2.05, 4.69) is 27.6 Å². The summed E-state index contributed by atoms with van der Waals surface area (Å²) in [6.45, 7) is 0. The lowest BCUT2D eigenvalue weighted by molar-refractivity contribution is 0.444. The number of aromatic nitrogens is 1. The van der Waals surface area contributed by atoms with Gasteiger partial charge in [0.1, 0.15) is 10.6 Å². The predicted molar refractivity (Wildman–Crippen MR) is 74.8 cm³/mol. The van der Waals surface area contributed by atoms with Crippen LogP contribution >= 0.6 is 22.6 Å². The summed E-state index contributed by atoms with van der Waals surface area (Å²) in [6, 6.07) is 10.1. The number of hydrogen-bond acceptors (Lipinski definition) is 4. The Hall–Kier alpha value is -1.19. The van der Waals surface area contributed by atoms with Crippen molar-refractivity contribution in [2.45, 2.75) is 4.90 Å². The molecule has 0 radical (unpaired) electrons. The smallest absolute Gasteiger partial charge is 0.243 e. The normalized spacial score (nSPS) is 11.2. The standard InChI is InChI=1S/C11H9IN2O3S/c12-8-4-1-2-5-9(8)17-11-10(18(13,15)16)6-3-7-14-11/h1-7H,(H2,13,15,16). The minimum Gasteiger partial charge on any atom is -0.437 e. The van der Waals surface area contributed by atoms with Gasteiger partial charge >= 0.3 is 0 Å². The van der Waals surface area contributed by atoms with Gasteiger partial charge in [-0.25, -0.2) is 18.5 Å². The van der Waals surface area contributed by atoms with Crippen LogP contribution in [0.2, 0.25) is 0 Å². The van der Waals surface area contributed by atoms with Gasteiger partial charge in [0.25, 0.3) is 0 Å². The highest BCUT2D eigenvalue weighted by Gasteiger charge is 2.17. The van der Waals surface area contributed by atoms with Gasteiger partial charge in [-0.05, 0) is 46.9 Å². The van der Waals surface area contributed by atoms with Gasteiger partial charge in [-0.15, -0.1) is 0 Å². The lowest BCUT2D eigenvalue weighted by Gasteiger charge is -2.09. The molecule has 0 spiro atoms. The Morgan fingerprint density at radius 1 is 1.17 bits per heavy atom. The van der Waals surface area contributed by atoms with E-state index in [0.717, 1.165) is 3.57 Å². The first kappa shape index (κ1) is 13.2. The Balaban J connectivity index is 2.45. The van der Waals surface area contributed by atoms with Crippen molar-refractivity contribution in [3.63, 3.8) is 0 Å². The van der Waals surface area contributed by atoms with Crippen molar-refractivity contribution < 1.29 is 13.2 Å². The minimum atomic E-state index is -3.86. The number of ether oxygens (including phenoxy) is 1. The van der Waals surface area contributed by atoms with Gasteiger partial charge < -0.3 is 4.74 Å². The van der Waals surface area contributed by atoms with E-state index in [1.165, 1.54) is 18.3 Å². The van der Waals surface area contributed by atoms with Crippen molar-refractivity contribution in [2.24, 2.45) is 5.14 Å². The number of pyridine rings is 1. The SMILES string of the molecule is NS(=O)(=O)c1cccnc1Oc1ccccc1I. The fourth-order valence-corrected chi connectivity index (χ4v) is 2.40. The zero-order valence-corrected chi connectivity index (χ0v) is 12.1. The number of nitrogens with zero attached hydrogens (tertiary/aromatic N) is 1. The van der Waals surface area contributed by atoms with Crippen LogP contribution in [-0.2, 0) is 10.0 Å². The number of sulfonamides is 1. The fourth-order valence-electron chi connectivity index (χ4n) is 1.30. The van der Waals surface area contributed by atoms with Gasteiger partial charge in [0, 0.05) is 6.20 Å². The quantitative estimate of drug-likeness (QED) is 0.833. The molecule has 2 aromatic rings. The second kappa shape index (κ2) is 5.21. The van der Waals surface area contributed by atoms with Gasteiger partial charge in [-0.1, -0.05) is 12.1 Å². The van der Waals surface area contributed by atoms with E-state index in [4.69, 9.17) is 9.88 Å². The van der Waals surface area contributed by atoms with Gasteiger partial charge in [-0.3, -0.25) is 0 Å². The molecule has 0 unspecified atom stereocenters. The zero-order valence-electron chi connectivity index (χ0n) is 9.08. The van der Waals surface area contributed by atoms with Crippen LogP contribution in [0.15, 0.2) is 47.5 Å². The van der Waals surface area contributed by atoms with Crippen molar-refractivity contribution in [3.8, 4) is 11.6 Å². The summed E-state index contributed by atoms with van der Waals surface area (Å²) in [7, 11) is -3.86. The largest absolute Gasteiger partial charge is 0.437 e. The molecule has 94 valence electrons. The molecule has 1 aromatic carbocycles. The maximum Gasteiger partial charge on any atom is 0.243 e. The van der Waals surface area contributed by atoms with Gasteiger partial charge in [-0.2, -0.15) is 0 Å². The number of benzene rings is 1. The van der Waals surface area contributed by atoms with Gasteiger partial charge in [0.15, 0.2) is 0 Å². The summed E-state index contributed by atoms with van der Waals surface area (Å²) in [6.07, 6.45) is 1.44. The number of hydrogen-bond donors (Lipinski definition) is 1. The van der Waals surface area contributed by atoms with Crippen LogP contribution < -0.4 is 9.88 Å². The summed E-state index contributed by atoms with van der Waals surface area (Å²) in [5, 5.41) is 5.10. The molecule has 0 saturated carbocycles. The number of halogens is 1. The van der Waals surface area contributed by atoms with E-state index in [0.29, 0.717) is 5.75 Å². The molecule has 0 aliphatic carbocycles. The molecule has 0 aliphatic heterocycles. The maximum atomic E-state index is 11.4. The Labute approximate surface area is 118 Å². The molecule has 0 aliphatic rings. The van der Waals surface area contributed by atoms with Crippen LogP contribution in [0.4, 0.5) is 0 Å². The molecule has 1 heterocycles. The molecule has 1 aromatic heterocycles. The first-order valence-electron chi connectivity index (χ1n) is 4.88. The summed E-state index contributed by atoms with van der Waals surface area (Å²) in [4.78, 5) is 3.76. The second-order valence-electron chi connectivity index (χ2n) is 3.38. The lowest BCUT2D eigenvalue weighted by atomic mass is 10.3. The van der Waals surface area contributed by atoms with Crippen molar-refractivity contribution in [1.29, 1.82) is 0 Å². The van der Waals surface area contributed by atoms with E-state index >= 15 is 0 Å². The lowest BCUT2D eigenvalue weighted by Crippen LogP contribution is -2.13. The molecule has 2 rings (SSSR count). The van der Waals surface area contributed by atoms with Crippen LogP contribution in [0.1, 0.15) is 0 Å². The molecule has 5 nitrogen and oxygen atoms in total. The van der Waals surface area contributed by atoms with Crippen LogP contribution in [-0.4, -0.2) is 13.4 Å². The van der Waals surface area contributed by atoms with E-state index in [9.17, 15) is 8.42 Å². The fraction of sp³-hybridized carbons (Fsp3) is 0. The predicted octanol–water partition coefficient (Wildman–Crippen LogP) is 2.13. The Bertz CT molecular complexity index is 673. The minimum absolute atomic E-state index is 0.0240. The summed E-state index contributed by atoms with van der Waals surface area (Å²) in [5.74, 6) is 0.505. The molecule has 7 heteroatoms. The van der Waals surface area contributed by atoms with E-state index in [1.54, 1.807) is 12.1 Å². The molecular formula is C11H9IN2O3S. The molecule has 18 heavy (non-hydrogen) atoms. The molecule has 0 fully saturated rings. The summed E-state index contributed by atoms with van der Waals surface area (Å²) < 4.78 is 29.1. The molecule has 0 bridgehead atoms. The average molecular weight is 376 g/mol. The van der Waals surface area contributed by atoms with Crippen LogP contribution in [0.5, 0.6) is 11.6 Å². The van der Waals surface area contributed by atoms with Crippen molar-refractivity contribution >= 4 is 32.6 Å². The third-order valence-electron chi connectivity index (χ3n) is 2.09. The average Bonchev–Trinajstić information content (AvgIpc) is 2.31. The number of rotatable bonds is 3. The Morgan fingerprint density at radius 3 is 2.56 bits per heavy atom. The third-order valence-corrected chi connectivity index (χ3v) is 3.90. The maximum absolute atomic E-state index is 11.4. The Kier molecular flexibility index (Phi) is 3.83. The van der Waals surface area contributed by atoms with Crippen LogP contribution in [0, 0.1) is 3.57 Å². The topological polar surface area (TPSA) is 82.3 Å². The van der Waals surface area contributed by atoms with E-state index < -0.39 is 10.0 Å². The molecule has 0 saturated heterocycles. The van der Waals surface area contributed by atoms with Crippen molar-refractivity contribution in [1.82, 2.24) is 4.98 Å². The first-order chi connectivity index (χ1) is 8.48. The molecule has 2 N–H and O–H groups in total. The van der Waals surface area contributed by atoms with E-state index in [1.807, 2.05) is 12.1 Å². The highest BCUT2D eigenvalue weighted by Crippen LogP contribution is 2.28. The summed E-state index contributed by atoms with van der Waals surface area (Å²) in [5.41, 5.74) is 0. The van der Waals surface area contributed by atoms with Crippen LogP contribution in [0.25, 0.3) is 0 Å². The molecular weight excluding hydrogens is 367 g/mol. The highest BCUT2D eigenvalue weighted by molar-refractivity contribution is 14.1. The first-order valence-corrected chi connectivity index (χ1v) is 7.51. The molecule has 0 atom stereocenters. The zero-order chi connectivity index (χ0) is 13.2. The third kappa shape index (κ3) is 2.98. The van der Waals surface area contributed by atoms with Gasteiger partial charge in [0.05, 0.1) is 3.57 Å². The van der Waals surface area contributed by atoms with Crippen molar-refractivity contribution in [2.75, 3.05) is 0 Å². The highest BCUT2D eigenvalue weighted by atomic mass is 127. The second-order valence-corrected chi connectivity index (χ2v) is 6.08. The van der Waals surface area contributed by atoms with E-state index in [-0.39, 0.29) is 10.8 Å². The monoisotopic (exact) mass is 376 g/mol. The van der Waals surface area contributed by atoms with Crippen LogP contribution in [0.3, 0.4) is 0 Å². The van der Waals surface area contributed by atoms with Gasteiger partial charge in [0.2, 0.25) is 15.9 Å². The Morgan fingerprint density at radius 2 is 1.89 bits per heavy atom. The number of para-hydroxylation sites is 1. The number of nitrogens with two attached hydrogens (primary N) is 1. The molecule has 0 amide bonds. The number of primary sulfonamides is 1.